The summed E-state index contributed by atoms with van der Waals surface area (Å²) in [5.74, 6) is 2.18. The molecule has 1 saturated carbocycles. The summed E-state index contributed by atoms with van der Waals surface area (Å²) >= 11 is 0. The lowest BCUT2D eigenvalue weighted by atomic mass is 9.85. The van der Waals surface area contributed by atoms with Gasteiger partial charge < -0.3 is 10.2 Å². The molecule has 28 heavy (non-hydrogen) atoms. The Kier molecular flexibility index (Phi) is 3.97. The summed E-state index contributed by atoms with van der Waals surface area (Å²) in [5.41, 5.74) is 0.785. The Labute approximate surface area is 162 Å². The van der Waals surface area contributed by atoms with Crippen LogP contribution in [0.5, 0.6) is 0 Å². The van der Waals surface area contributed by atoms with E-state index in [1.54, 1.807) is 0 Å². The molecule has 0 aromatic carbocycles. The highest BCUT2D eigenvalue weighted by atomic mass is 16.2. The number of likely N-dealkylation sites (N-methyl/N-ethyl adjacent to an activating group) is 1. The number of imide groups is 1. The largest absolute Gasteiger partial charge is 0.352 e. The van der Waals surface area contributed by atoms with Crippen LogP contribution in [0, 0.1) is 0 Å². The van der Waals surface area contributed by atoms with Gasteiger partial charge in [-0.2, -0.15) is 4.52 Å². The van der Waals surface area contributed by atoms with Crippen molar-refractivity contribution in [2.24, 2.45) is 0 Å². The van der Waals surface area contributed by atoms with Gasteiger partial charge >= 0.3 is 6.03 Å². The van der Waals surface area contributed by atoms with Crippen LogP contribution in [0.2, 0.25) is 0 Å². The minimum absolute atomic E-state index is 0.153. The summed E-state index contributed by atoms with van der Waals surface area (Å²) in [5, 5.41) is 16.2. The molecule has 4 heterocycles. The number of urea groups is 1. The van der Waals surface area contributed by atoms with Crippen LogP contribution in [-0.4, -0.2) is 80.9 Å². The molecule has 2 aromatic heterocycles. The molecule has 2 aromatic rings. The molecule has 2 aliphatic heterocycles. The lowest BCUT2D eigenvalue weighted by Crippen LogP contribution is -2.66. The van der Waals surface area contributed by atoms with Gasteiger partial charge in [0.25, 0.3) is 0 Å². The second kappa shape index (κ2) is 6.40. The molecule has 2 saturated heterocycles. The number of rotatable bonds is 4. The molecule has 10 heteroatoms. The number of anilines is 1. The van der Waals surface area contributed by atoms with E-state index >= 15 is 0 Å². The molecule has 1 atom stereocenters. The molecule has 1 N–H and O–H groups in total. The first-order valence-corrected chi connectivity index (χ1v) is 9.77. The Hall–Kier alpha value is -2.75. The van der Waals surface area contributed by atoms with Crippen LogP contribution in [-0.2, 0) is 4.79 Å². The van der Waals surface area contributed by atoms with E-state index in [-0.39, 0.29) is 24.1 Å². The highest BCUT2D eigenvalue weighted by Crippen LogP contribution is 2.35. The Bertz CT molecular complexity index is 915. The SMILES string of the molecule is CN1C(=O)CC(N(C)C2CN(c3ccc4nnc(C5CCC5)n4n3)C2)NC1=O. The fourth-order valence-electron chi connectivity index (χ4n) is 3.99. The third kappa shape index (κ3) is 2.70. The summed E-state index contributed by atoms with van der Waals surface area (Å²) in [6.07, 6.45) is 3.59. The lowest BCUT2D eigenvalue weighted by molar-refractivity contribution is -0.130. The Morgan fingerprint density at radius 2 is 1.96 bits per heavy atom. The minimum Gasteiger partial charge on any atom is -0.352 e. The molecular formula is C18H24N8O2. The van der Waals surface area contributed by atoms with Crippen LogP contribution in [0.15, 0.2) is 12.1 Å². The number of nitrogens with one attached hydrogen (secondary N) is 1. The average molecular weight is 384 g/mol. The minimum atomic E-state index is -0.340. The summed E-state index contributed by atoms with van der Waals surface area (Å²) in [6.45, 7) is 1.60. The molecule has 0 bridgehead atoms. The Balaban J connectivity index is 1.26. The normalized spacial score (nSPS) is 23.9. The number of carbonyl (C=O) groups is 2. The quantitative estimate of drug-likeness (QED) is 0.815. The van der Waals surface area contributed by atoms with Gasteiger partial charge in [0.2, 0.25) is 5.91 Å². The number of amides is 3. The van der Waals surface area contributed by atoms with Crippen molar-refractivity contribution in [2.45, 2.75) is 43.8 Å². The van der Waals surface area contributed by atoms with E-state index in [9.17, 15) is 9.59 Å². The van der Waals surface area contributed by atoms with E-state index in [1.807, 2.05) is 23.7 Å². The zero-order valence-corrected chi connectivity index (χ0v) is 16.1. The van der Waals surface area contributed by atoms with E-state index in [4.69, 9.17) is 5.10 Å². The highest BCUT2D eigenvalue weighted by Gasteiger charge is 2.39. The number of carbonyl (C=O) groups excluding carboxylic acids is 2. The van der Waals surface area contributed by atoms with E-state index in [2.05, 4.69) is 25.3 Å². The van der Waals surface area contributed by atoms with Gasteiger partial charge in [0.15, 0.2) is 11.5 Å². The van der Waals surface area contributed by atoms with Crippen LogP contribution in [0.3, 0.4) is 0 Å². The molecule has 0 radical (unpaired) electrons. The fraction of sp³-hybridized carbons (Fsp3) is 0.611. The molecule has 1 unspecified atom stereocenters. The van der Waals surface area contributed by atoms with Crippen molar-refractivity contribution < 1.29 is 9.59 Å². The van der Waals surface area contributed by atoms with Crippen molar-refractivity contribution in [3.63, 3.8) is 0 Å². The number of aromatic nitrogens is 4. The standard InChI is InChI=1S/C18H24N8O2/c1-23(15-8-16(27)24(2)18(28)19-15)12-9-25(10-12)14-7-6-13-20-21-17(26(13)22-14)11-4-3-5-11/h6-7,11-12,15H,3-5,8-10H2,1-2H3,(H,19,28). The Morgan fingerprint density at radius 3 is 2.64 bits per heavy atom. The predicted octanol–water partition coefficient (Wildman–Crippen LogP) is 0.410. The first kappa shape index (κ1) is 17.4. The van der Waals surface area contributed by atoms with Crippen LogP contribution in [0.25, 0.3) is 5.65 Å². The maximum Gasteiger partial charge on any atom is 0.325 e. The van der Waals surface area contributed by atoms with Crippen molar-refractivity contribution in [2.75, 3.05) is 32.1 Å². The number of nitrogens with zero attached hydrogens (tertiary/aromatic N) is 7. The molecule has 5 rings (SSSR count). The molecule has 3 amide bonds. The molecule has 10 nitrogen and oxygen atoms in total. The van der Waals surface area contributed by atoms with E-state index in [0.29, 0.717) is 12.3 Å². The van der Waals surface area contributed by atoms with E-state index in [0.717, 1.165) is 48.1 Å². The van der Waals surface area contributed by atoms with Crippen molar-refractivity contribution in [1.82, 2.24) is 34.9 Å². The monoisotopic (exact) mass is 384 g/mol. The zero-order chi connectivity index (χ0) is 19.4. The maximum atomic E-state index is 12.0. The van der Waals surface area contributed by atoms with Gasteiger partial charge in [0, 0.05) is 32.1 Å². The first-order chi connectivity index (χ1) is 13.5. The van der Waals surface area contributed by atoms with Gasteiger partial charge in [-0.1, -0.05) is 6.42 Å². The molecule has 1 aliphatic carbocycles. The third-order valence-corrected chi connectivity index (χ3v) is 6.33. The first-order valence-electron chi connectivity index (χ1n) is 9.77. The van der Waals surface area contributed by atoms with Gasteiger partial charge in [-0.15, -0.1) is 15.3 Å². The van der Waals surface area contributed by atoms with Crippen molar-refractivity contribution in [3.8, 4) is 0 Å². The van der Waals surface area contributed by atoms with Crippen LogP contribution >= 0.6 is 0 Å². The molecular weight excluding hydrogens is 360 g/mol. The third-order valence-electron chi connectivity index (χ3n) is 6.33. The maximum absolute atomic E-state index is 12.0. The summed E-state index contributed by atoms with van der Waals surface area (Å²) in [7, 11) is 3.46. The summed E-state index contributed by atoms with van der Waals surface area (Å²) in [6, 6.07) is 3.86. The van der Waals surface area contributed by atoms with Gasteiger partial charge in [0.05, 0.1) is 12.6 Å². The second-order valence-corrected chi connectivity index (χ2v) is 7.99. The van der Waals surface area contributed by atoms with E-state index in [1.165, 1.54) is 13.5 Å². The highest BCUT2D eigenvalue weighted by molar-refractivity contribution is 5.96. The summed E-state index contributed by atoms with van der Waals surface area (Å²) in [4.78, 5) is 29.2. The van der Waals surface area contributed by atoms with Crippen molar-refractivity contribution in [3.05, 3.63) is 18.0 Å². The topological polar surface area (TPSA) is 99.0 Å². The van der Waals surface area contributed by atoms with Gasteiger partial charge in [-0.05, 0) is 32.0 Å². The van der Waals surface area contributed by atoms with Crippen LogP contribution in [0.1, 0.15) is 37.4 Å². The van der Waals surface area contributed by atoms with Crippen LogP contribution < -0.4 is 10.2 Å². The average Bonchev–Trinajstić information content (AvgIpc) is 2.99. The van der Waals surface area contributed by atoms with Gasteiger partial charge in [-0.3, -0.25) is 14.6 Å². The lowest BCUT2D eigenvalue weighted by Gasteiger charge is -2.48. The Morgan fingerprint density at radius 1 is 1.18 bits per heavy atom. The predicted molar refractivity (Wildman–Crippen MR) is 101 cm³/mol. The van der Waals surface area contributed by atoms with Crippen molar-refractivity contribution in [1.29, 1.82) is 0 Å². The van der Waals surface area contributed by atoms with Gasteiger partial charge in [-0.25, -0.2) is 4.79 Å². The van der Waals surface area contributed by atoms with E-state index < -0.39 is 0 Å². The number of fused-ring (bicyclic) bond motifs is 1. The molecule has 3 fully saturated rings. The number of hydrogen-bond acceptors (Lipinski definition) is 7. The number of hydrogen-bond donors (Lipinski definition) is 1. The molecule has 3 aliphatic rings. The van der Waals surface area contributed by atoms with Crippen molar-refractivity contribution >= 4 is 23.4 Å². The van der Waals surface area contributed by atoms with Gasteiger partial charge in [0.1, 0.15) is 5.82 Å². The smallest absolute Gasteiger partial charge is 0.325 e. The van der Waals surface area contributed by atoms with Crippen LogP contribution in [0.4, 0.5) is 10.6 Å². The zero-order valence-electron chi connectivity index (χ0n) is 16.1. The fourth-order valence-corrected chi connectivity index (χ4v) is 3.99. The second-order valence-electron chi connectivity index (χ2n) is 7.99. The molecule has 0 spiro atoms. The molecule has 148 valence electrons. The summed E-state index contributed by atoms with van der Waals surface area (Å²) < 4.78 is 1.88.